The predicted molar refractivity (Wildman–Crippen MR) is 154 cm³/mol. The van der Waals surface area contributed by atoms with Gasteiger partial charge in [0.25, 0.3) is 0 Å². The normalized spacial score (nSPS) is 22.6. The van der Waals surface area contributed by atoms with E-state index in [0.29, 0.717) is 11.0 Å². The minimum atomic E-state index is -1.41. The van der Waals surface area contributed by atoms with Crippen LogP contribution in [0.15, 0.2) is 36.4 Å². The SMILES string of the molecule is CCCCCCCCC[C@H]1CC[C@](CCc2ccc(-c3cc(F)c(F)c(F)c3)cc2)(C2CCCCC2)CC1. The molecule has 4 rings (SSSR count). The summed E-state index contributed by atoms with van der Waals surface area (Å²) in [4.78, 5) is 0. The molecule has 0 saturated heterocycles. The van der Waals surface area contributed by atoms with Crippen LogP contribution >= 0.6 is 0 Å². The van der Waals surface area contributed by atoms with E-state index in [1.807, 2.05) is 12.1 Å². The third-order valence-corrected chi connectivity index (χ3v) is 9.97. The topological polar surface area (TPSA) is 0 Å². The Kier molecular flexibility index (Phi) is 11.2. The zero-order valence-electron chi connectivity index (χ0n) is 23.7. The smallest absolute Gasteiger partial charge is 0.194 e. The van der Waals surface area contributed by atoms with E-state index in [1.54, 1.807) is 0 Å². The summed E-state index contributed by atoms with van der Waals surface area (Å²) in [7, 11) is 0. The molecule has 0 atom stereocenters. The van der Waals surface area contributed by atoms with Crippen molar-refractivity contribution in [2.75, 3.05) is 0 Å². The van der Waals surface area contributed by atoms with Gasteiger partial charge in [-0.25, -0.2) is 13.2 Å². The van der Waals surface area contributed by atoms with Gasteiger partial charge in [-0.2, -0.15) is 0 Å². The van der Waals surface area contributed by atoms with Gasteiger partial charge in [0.1, 0.15) is 0 Å². The van der Waals surface area contributed by atoms with Crippen LogP contribution in [-0.4, -0.2) is 0 Å². The van der Waals surface area contributed by atoms with Gasteiger partial charge in [-0.1, -0.05) is 102 Å². The molecule has 2 aromatic rings. The molecule has 2 saturated carbocycles. The molecule has 0 bridgehead atoms. The van der Waals surface area contributed by atoms with E-state index >= 15 is 0 Å². The number of unbranched alkanes of at least 4 members (excludes halogenated alkanes) is 6. The van der Waals surface area contributed by atoms with Gasteiger partial charge in [-0.3, -0.25) is 0 Å². The Hall–Kier alpha value is -1.77. The molecule has 2 aliphatic carbocycles. The molecule has 0 heterocycles. The van der Waals surface area contributed by atoms with Gasteiger partial charge < -0.3 is 0 Å². The van der Waals surface area contributed by atoms with Gasteiger partial charge in [0.2, 0.25) is 0 Å². The number of halogens is 3. The highest BCUT2D eigenvalue weighted by atomic mass is 19.2. The molecule has 0 unspecified atom stereocenters. The van der Waals surface area contributed by atoms with E-state index in [9.17, 15) is 13.2 Å². The average Bonchev–Trinajstić information content (AvgIpc) is 2.95. The van der Waals surface area contributed by atoms with Crippen molar-refractivity contribution < 1.29 is 13.2 Å². The maximum Gasteiger partial charge on any atom is 0.194 e. The molecule has 3 heteroatoms. The third kappa shape index (κ3) is 7.89. The molecule has 0 spiro atoms. The largest absolute Gasteiger partial charge is 0.204 e. The monoisotopic (exact) mass is 526 g/mol. The lowest BCUT2D eigenvalue weighted by atomic mass is 9.58. The summed E-state index contributed by atoms with van der Waals surface area (Å²) in [5, 5.41) is 0. The quantitative estimate of drug-likeness (QED) is 0.180. The maximum atomic E-state index is 13.7. The second kappa shape index (κ2) is 14.6. The highest BCUT2D eigenvalue weighted by molar-refractivity contribution is 5.63. The lowest BCUT2D eigenvalue weighted by Crippen LogP contribution is -2.36. The number of benzene rings is 2. The van der Waals surface area contributed by atoms with E-state index in [0.717, 1.165) is 36.0 Å². The van der Waals surface area contributed by atoms with Crippen molar-refractivity contribution >= 4 is 0 Å². The number of rotatable bonds is 13. The van der Waals surface area contributed by atoms with Crippen LogP contribution in [0.1, 0.15) is 128 Å². The van der Waals surface area contributed by atoms with Crippen LogP contribution in [0.5, 0.6) is 0 Å². The summed E-state index contributed by atoms with van der Waals surface area (Å²) in [6, 6.07) is 10.2. The fourth-order valence-electron chi connectivity index (χ4n) is 7.49. The van der Waals surface area contributed by atoms with Gasteiger partial charge in [-0.15, -0.1) is 0 Å². The molecule has 0 N–H and O–H groups in total. The highest BCUT2D eigenvalue weighted by Gasteiger charge is 2.41. The first kappa shape index (κ1) is 29.2. The molecule has 0 aromatic heterocycles. The molecule has 2 aliphatic rings. The Morgan fingerprint density at radius 2 is 1.32 bits per heavy atom. The second-order valence-corrected chi connectivity index (χ2v) is 12.5. The van der Waals surface area contributed by atoms with Gasteiger partial charge in [-0.05, 0) is 97.4 Å². The zero-order valence-corrected chi connectivity index (χ0v) is 23.7. The zero-order chi connectivity index (χ0) is 26.8. The van der Waals surface area contributed by atoms with Crippen molar-refractivity contribution in [3.05, 3.63) is 59.4 Å². The van der Waals surface area contributed by atoms with Gasteiger partial charge in [0, 0.05) is 0 Å². The van der Waals surface area contributed by atoms with Crippen molar-refractivity contribution in [3.63, 3.8) is 0 Å². The first-order valence-corrected chi connectivity index (χ1v) is 15.7. The Morgan fingerprint density at radius 1 is 0.711 bits per heavy atom. The molecule has 2 aromatic carbocycles. The molecular formula is C35H49F3. The minimum absolute atomic E-state index is 0.380. The van der Waals surface area contributed by atoms with Gasteiger partial charge >= 0.3 is 0 Å². The average molecular weight is 527 g/mol. The first-order valence-electron chi connectivity index (χ1n) is 15.7. The number of hydrogen-bond acceptors (Lipinski definition) is 0. The van der Waals surface area contributed by atoms with Gasteiger partial charge in [0.05, 0.1) is 0 Å². The molecule has 210 valence electrons. The fraction of sp³-hybridized carbons (Fsp3) is 0.657. The summed E-state index contributed by atoms with van der Waals surface area (Å²) < 4.78 is 40.8. The Bertz CT molecular complexity index is 942. The Morgan fingerprint density at radius 3 is 1.95 bits per heavy atom. The van der Waals surface area contributed by atoms with E-state index in [1.165, 1.54) is 121 Å². The van der Waals surface area contributed by atoms with Crippen molar-refractivity contribution in [3.8, 4) is 11.1 Å². The lowest BCUT2D eigenvalue weighted by molar-refractivity contribution is 0.0379. The molecule has 2 fully saturated rings. The predicted octanol–water partition coefficient (Wildman–Crippen LogP) is 11.6. The maximum absolute atomic E-state index is 13.7. The summed E-state index contributed by atoms with van der Waals surface area (Å²) in [6.45, 7) is 2.29. The van der Waals surface area contributed by atoms with Crippen LogP contribution in [-0.2, 0) is 6.42 Å². The first-order chi connectivity index (χ1) is 18.5. The summed E-state index contributed by atoms with van der Waals surface area (Å²) in [5.74, 6) is -1.88. The van der Waals surface area contributed by atoms with Crippen LogP contribution < -0.4 is 0 Å². The molecule has 0 amide bonds. The third-order valence-electron chi connectivity index (χ3n) is 9.97. The minimum Gasteiger partial charge on any atom is -0.204 e. The molecule has 38 heavy (non-hydrogen) atoms. The van der Waals surface area contributed by atoms with Crippen LogP contribution in [0.4, 0.5) is 13.2 Å². The fourth-order valence-corrected chi connectivity index (χ4v) is 7.49. The van der Waals surface area contributed by atoms with Crippen LogP contribution in [0.25, 0.3) is 11.1 Å². The van der Waals surface area contributed by atoms with Gasteiger partial charge in [0.15, 0.2) is 17.5 Å². The molecular weight excluding hydrogens is 477 g/mol. The number of hydrogen-bond donors (Lipinski definition) is 0. The van der Waals surface area contributed by atoms with Crippen molar-refractivity contribution in [1.82, 2.24) is 0 Å². The van der Waals surface area contributed by atoms with Crippen LogP contribution in [0, 0.1) is 34.7 Å². The summed E-state index contributed by atoms with van der Waals surface area (Å²) >= 11 is 0. The van der Waals surface area contributed by atoms with E-state index in [4.69, 9.17) is 0 Å². The van der Waals surface area contributed by atoms with E-state index in [2.05, 4.69) is 19.1 Å². The highest BCUT2D eigenvalue weighted by Crippen LogP contribution is 2.52. The Balaban J connectivity index is 1.32. The summed E-state index contributed by atoms with van der Waals surface area (Å²) in [6.07, 6.45) is 26.2. The lowest BCUT2D eigenvalue weighted by Gasteiger charge is -2.48. The van der Waals surface area contributed by atoms with E-state index in [-0.39, 0.29) is 0 Å². The standard InChI is InChI=1S/C35H49F3/c1-2-3-4-5-6-7-9-12-27-19-22-35(23-20-27,31-13-10-8-11-14-31)24-21-28-15-17-29(18-16-28)30-25-32(36)34(38)33(37)26-30/h15-18,25-27,31H,2-14,19-24H2,1H3/t27-,35-. The second-order valence-electron chi connectivity index (χ2n) is 12.5. The molecule has 0 nitrogen and oxygen atoms in total. The van der Waals surface area contributed by atoms with Crippen molar-refractivity contribution in [1.29, 1.82) is 0 Å². The number of aryl methyl sites for hydroxylation is 1. The van der Waals surface area contributed by atoms with Crippen molar-refractivity contribution in [2.45, 2.75) is 129 Å². The van der Waals surface area contributed by atoms with Crippen molar-refractivity contribution in [2.24, 2.45) is 17.3 Å². The van der Waals surface area contributed by atoms with E-state index < -0.39 is 17.5 Å². The van der Waals surface area contributed by atoms with Crippen LogP contribution in [0.2, 0.25) is 0 Å². The van der Waals surface area contributed by atoms with Crippen LogP contribution in [0.3, 0.4) is 0 Å². The summed E-state index contributed by atoms with van der Waals surface area (Å²) in [5.41, 5.74) is 2.88. The molecule has 0 radical (unpaired) electrons. The Labute approximate surface area is 229 Å². The molecule has 0 aliphatic heterocycles.